The molecule has 9 heteroatoms. The van der Waals surface area contributed by atoms with E-state index in [-0.39, 0.29) is 0 Å². The predicted octanol–water partition coefficient (Wildman–Crippen LogP) is 22.6. The number of hydrogen-bond donors (Lipinski definition) is 0. The van der Waals surface area contributed by atoms with Crippen LogP contribution in [0.1, 0.15) is 0 Å². The summed E-state index contributed by atoms with van der Waals surface area (Å²) in [6, 6.07) is 91.6. The Labute approximate surface area is 485 Å². The minimum absolute atomic E-state index is 0.623. The summed E-state index contributed by atoms with van der Waals surface area (Å²) in [6.45, 7) is 0. The molecule has 0 atom stereocenters. The van der Waals surface area contributed by atoms with Crippen LogP contribution in [0.25, 0.3) is 98.8 Å². The molecule has 9 nitrogen and oxygen atoms in total. The first-order chi connectivity index (χ1) is 42.0. The number of nitrogens with zero attached hydrogens (tertiary/aromatic N) is 2. The van der Waals surface area contributed by atoms with Gasteiger partial charge in [0.25, 0.3) is 0 Å². The fraction of sp³-hybridized carbons (Fsp3) is 0. The van der Waals surface area contributed by atoms with E-state index in [9.17, 15) is 0 Å². The molecule has 18 rings (SSSR count). The van der Waals surface area contributed by atoms with Gasteiger partial charge in [0.2, 0.25) is 0 Å². The second kappa shape index (κ2) is 18.4. The zero-order chi connectivity index (χ0) is 55.7. The molecule has 16 aromatic rings. The molecule has 2 aliphatic heterocycles. The lowest BCUT2D eigenvalue weighted by Gasteiger charge is -2.29. The highest BCUT2D eigenvalue weighted by atomic mass is 16.6. The minimum Gasteiger partial charge on any atom is -0.456 e. The van der Waals surface area contributed by atoms with E-state index in [0.29, 0.717) is 46.0 Å². The van der Waals surface area contributed by atoms with Crippen molar-refractivity contribution in [3.63, 3.8) is 0 Å². The van der Waals surface area contributed by atoms with Crippen molar-refractivity contribution in [3.05, 3.63) is 267 Å². The zero-order valence-corrected chi connectivity index (χ0v) is 45.2. The van der Waals surface area contributed by atoms with E-state index in [1.54, 1.807) is 0 Å². The highest BCUT2D eigenvalue weighted by Crippen LogP contribution is 2.52. The molecular weight excluding hydrogens is 1050 g/mol. The second-order valence-electron chi connectivity index (χ2n) is 21.5. The first-order valence-electron chi connectivity index (χ1n) is 28.2. The van der Waals surface area contributed by atoms with Crippen LogP contribution in [0, 0.1) is 0 Å². The maximum atomic E-state index is 6.87. The van der Waals surface area contributed by atoms with Gasteiger partial charge in [-0.25, -0.2) is 0 Å². The first-order valence-corrected chi connectivity index (χ1v) is 28.2. The normalized spacial score (nSPS) is 12.4. The molecule has 85 heavy (non-hydrogen) atoms. The Morgan fingerprint density at radius 2 is 0.576 bits per heavy atom. The third kappa shape index (κ3) is 7.64. The molecule has 3 aromatic heterocycles. The Bertz CT molecular complexity index is 5440. The number of hydrogen-bond acceptors (Lipinski definition) is 9. The van der Waals surface area contributed by atoms with Crippen molar-refractivity contribution in [2.24, 2.45) is 0 Å². The largest absolute Gasteiger partial charge is 0.456 e. The number of furan rings is 3. The van der Waals surface area contributed by atoms with E-state index in [1.165, 1.54) is 0 Å². The van der Waals surface area contributed by atoms with Gasteiger partial charge in [-0.2, -0.15) is 0 Å². The summed E-state index contributed by atoms with van der Waals surface area (Å²) in [5, 5.41) is 8.50. The summed E-state index contributed by atoms with van der Waals surface area (Å²) < 4.78 is 45.4. The predicted molar refractivity (Wildman–Crippen MR) is 339 cm³/mol. The summed E-state index contributed by atoms with van der Waals surface area (Å²) in [7, 11) is 0. The molecule has 0 amide bonds. The van der Waals surface area contributed by atoms with Crippen molar-refractivity contribution in [2.45, 2.75) is 0 Å². The van der Waals surface area contributed by atoms with E-state index in [0.717, 1.165) is 133 Å². The Balaban J connectivity index is 0.713. The molecule has 5 heterocycles. The van der Waals surface area contributed by atoms with Crippen molar-refractivity contribution in [1.29, 1.82) is 0 Å². The van der Waals surface area contributed by atoms with Gasteiger partial charge < -0.3 is 42.0 Å². The molecule has 0 saturated heterocycles. The third-order valence-electron chi connectivity index (χ3n) is 16.6. The van der Waals surface area contributed by atoms with Crippen LogP contribution >= 0.6 is 0 Å². The standard InChI is InChI=1S/C76H44N2O7/c1-2-15-55-54(14-1)53(34-35-62(55)78(51-27-33-60-57-17-4-6-19-64(57)80-73(60)42-51)52-29-37-70-76(44-52)84-68-23-10-8-21-66(68)82-70)47-13-11-12-45(38-47)46-24-30-58-61-32-26-49(41-74(61)85-71(58)39-46)77(48-25-31-59-56-16-3-5-18-63(56)79-72(59)40-48)50-28-36-69-75(43-50)83-67-22-9-7-20-65(67)81-69/h1-44H. The Kier molecular flexibility index (Phi) is 10.2. The van der Waals surface area contributed by atoms with Gasteiger partial charge in [-0.05, 0) is 149 Å². The minimum atomic E-state index is 0.623. The zero-order valence-electron chi connectivity index (χ0n) is 45.2. The van der Waals surface area contributed by atoms with Crippen LogP contribution in [0.15, 0.2) is 280 Å². The second-order valence-corrected chi connectivity index (χ2v) is 21.5. The summed E-state index contributed by atoms with van der Waals surface area (Å²) in [6.07, 6.45) is 0. The molecule has 2 aliphatic rings. The van der Waals surface area contributed by atoms with E-state index < -0.39 is 0 Å². The quantitative estimate of drug-likeness (QED) is 0.148. The molecular formula is C76H44N2O7. The van der Waals surface area contributed by atoms with E-state index in [2.05, 4.69) is 174 Å². The number of benzene rings is 13. The van der Waals surface area contributed by atoms with Crippen LogP contribution < -0.4 is 28.7 Å². The molecule has 400 valence electrons. The van der Waals surface area contributed by atoms with Gasteiger partial charge in [0.1, 0.15) is 33.5 Å². The van der Waals surface area contributed by atoms with Gasteiger partial charge in [-0.15, -0.1) is 0 Å². The summed E-state index contributed by atoms with van der Waals surface area (Å²) >= 11 is 0. The van der Waals surface area contributed by atoms with Gasteiger partial charge in [0, 0.05) is 85.1 Å². The monoisotopic (exact) mass is 1100 g/mol. The molecule has 0 spiro atoms. The molecule has 0 N–H and O–H groups in total. The van der Waals surface area contributed by atoms with E-state index >= 15 is 0 Å². The van der Waals surface area contributed by atoms with Crippen LogP contribution in [-0.4, -0.2) is 0 Å². The SMILES string of the molecule is c1cc(-c2ccc3c(c2)oc2cc(N(c4ccc5c(c4)Oc4ccccc4O5)c4ccc5c(c4)oc4ccccc45)ccc23)cc(-c2ccc(N(c3ccc4c(c3)Oc3ccccc3O4)c3ccc4c(c3)oc3ccccc34)c3ccccc23)c1. The Morgan fingerprint density at radius 3 is 1.14 bits per heavy atom. The highest BCUT2D eigenvalue weighted by molar-refractivity contribution is 6.11. The average Bonchev–Trinajstić information content (AvgIpc) is 3.69. The maximum absolute atomic E-state index is 6.87. The van der Waals surface area contributed by atoms with Crippen LogP contribution in [-0.2, 0) is 0 Å². The lowest BCUT2D eigenvalue weighted by atomic mass is 9.93. The first kappa shape index (κ1) is 47.0. The topological polar surface area (TPSA) is 82.8 Å². The van der Waals surface area contributed by atoms with Crippen LogP contribution in [0.4, 0.5) is 34.1 Å². The Morgan fingerprint density at radius 1 is 0.200 bits per heavy atom. The van der Waals surface area contributed by atoms with Crippen molar-refractivity contribution in [1.82, 2.24) is 0 Å². The number of ether oxygens (including phenoxy) is 4. The molecule has 0 radical (unpaired) electrons. The maximum Gasteiger partial charge on any atom is 0.172 e. The van der Waals surface area contributed by atoms with Gasteiger partial charge in [0.05, 0.1) is 17.1 Å². The molecule has 0 bridgehead atoms. The van der Waals surface area contributed by atoms with Crippen LogP contribution in [0.5, 0.6) is 46.0 Å². The smallest absolute Gasteiger partial charge is 0.172 e. The number of rotatable bonds is 8. The van der Waals surface area contributed by atoms with Gasteiger partial charge >= 0.3 is 0 Å². The van der Waals surface area contributed by atoms with Gasteiger partial charge in [-0.3, -0.25) is 0 Å². The van der Waals surface area contributed by atoms with Crippen LogP contribution in [0.3, 0.4) is 0 Å². The number of para-hydroxylation sites is 6. The summed E-state index contributed by atoms with van der Waals surface area (Å²) in [5.74, 6) is 5.26. The van der Waals surface area contributed by atoms with E-state index in [1.807, 2.05) is 103 Å². The highest BCUT2D eigenvalue weighted by Gasteiger charge is 2.26. The molecule has 0 saturated carbocycles. The van der Waals surface area contributed by atoms with Crippen molar-refractivity contribution >= 4 is 111 Å². The Hall–Kier alpha value is -11.7. The van der Waals surface area contributed by atoms with Crippen molar-refractivity contribution in [2.75, 3.05) is 9.80 Å². The lowest BCUT2D eigenvalue weighted by Crippen LogP contribution is -2.11. The summed E-state index contributed by atoms with van der Waals surface area (Å²) in [4.78, 5) is 4.48. The number of anilines is 6. The van der Waals surface area contributed by atoms with E-state index in [4.69, 9.17) is 32.2 Å². The molecule has 0 aliphatic carbocycles. The van der Waals surface area contributed by atoms with Gasteiger partial charge in [0.15, 0.2) is 46.0 Å². The van der Waals surface area contributed by atoms with Gasteiger partial charge in [-0.1, -0.05) is 115 Å². The van der Waals surface area contributed by atoms with Crippen molar-refractivity contribution in [3.8, 4) is 68.2 Å². The average molecular weight is 1100 g/mol. The fourth-order valence-corrected chi connectivity index (χ4v) is 12.6. The lowest BCUT2D eigenvalue weighted by molar-refractivity contribution is 0.360. The van der Waals surface area contributed by atoms with Crippen LogP contribution in [0.2, 0.25) is 0 Å². The molecule has 0 fully saturated rings. The summed E-state index contributed by atoms with van der Waals surface area (Å²) in [5.41, 5.74) is 14.7. The molecule has 0 unspecified atom stereocenters. The molecule has 13 aromatic carbocycles. The van der Waals surface area contributed by atoms with Crippen molar-refractivity contribution < 1.29 is 32.2 Å². The third-order valence-corrected chi connectivity index (χ3v) is 16.6. The fourth-order valence-electron chi connectivity index (χ4n) is 12.6. The number of fused-ring (bicyclic) bond motifs is 14.